The van der Waals surface area contributed by atoms with E-state index in [-0.39, 0.29) is 23.0 Å². The van der Waals surface area contributed by atoms with E-state index < -0.39 is 10.0 Å². The van der Waals surface area contributed by atoms with Crippen LogP contribution in [0.2, 0.25) is 0 Å². The van der Waals surface area contributed by atoms with Gasteiger partial charge in [0.1, 0.15) is 0 Å². The molecule has 7 heteroatoms. The topological polar surface area (TPSA) is 75.7 Å². The minimum absolute atomic E-state index is 0.0531. The van der Waals surface area contributed by atoms with Crippen molar-refractivity contribution in [3.05, 3.63) is 59.2 Å². The van der Waals surface area contributed by atoms with E-state index in [1.807, 2.05) is 39.8 Å². The Bertz CT molecular complexity index is 978. The molecule has 0 bridgehead atoms. The van der Waals surface area contributed by atoms with Gasteiger partial charge >= 0.3 is 0 Å². The van der Waals surface area contributed by atoms with Crippen molar-refractivity contribution >= 4 is 21.6 Å². The van der Waals surface area contributed by atoms with Crippen LogP contribution in [0.5, 0.6) is 0 Å². The van der Waals surface area contributed by atoms with E-state index in [0.29, 0.717) is 24.3 Å². The summed E-state index contributed by atoms with van der Waals surface area (Å²) in [6.07, 6.45) is -0.106. The van der Waals surface area contributed by atoms with E-state index in [2.05, 4.69) is 4.72 Å². The first-order valence-corrected chi connectivity index (χ1v) is 10.8. The van der Waals surface area contributed by atoms with Crippen molar-refractivity contribution < 1.29 is 17.9 Å². The Morgan fingerprint density at radius 1 is 1.04 bits per heavy atom. The lowest BCUT2D eigenvalue weighted by Gasteiger charge is -2.35. The number of nitrogens with one attached hydrogen (secondary N) is 1. The van der Waals surface area contributed by atoms with Crippen LogP contribution >= 0.6 is 0 Å². The van der Waals surface area contributed by atoms with Gasteiger partial charge in [0.2, 0.25) is 0 Å². The standard InChI is InChI=1S/C21H26N2O4S/c1-14-9-10-18(28(25,26)22-20-8-6-5-7-15(20)2)11-19(14)21(24)23-12-16(3)27-17(4)13-23/h5-11,16-17,22H,12-13H2,1-4H3/t16-,17-/m1/s1. The summed E-state index contributed by atoms with van der Waals surface area (Å²) in [6, 6.07) is 11.8. The first-order chi connectivity index (χ1) is 13.2. The summed E-state index contributed by atoms with van der Waals surface area (Å²) in [6.45, 7) is 8.47. The fourth-order valence-corrected chi connectivity index (χ4v) is 4.56. The van der Waals surface area contributed by atoms with E-state index in [1.54, 1.807) is 23.1 Å². The lowest BCUT2D eigenvalue weighted by Crippen LogP contribution is -2.48. The molecule has 0 radical (unpaired) electrons. The molecule has 0 unspecified atom stereocenters. The number of carbonyl (C=O) groups is 1. The van der Waals surface area contributed by atoms with Gasteiger partial charge in [0.25, 0.3) is 15.9 Å². The predicted molar refractivity (Wildman–Crippen MR) is 109 cm³/mol. The third kappa shape index (κ3) is 4.36. The van der Waals surface area contributed by atoms with Gasteiger partial charge in [-0.15, -0.1) is 0 Å². The van der Waals surface area contributed by atoms with Crippen molar-refractivity contribution in [1.29, 1.82) is 0 Å². The van der Waals surface area contributed by atoms with Gasteiger partial charge in [0, 0.05) is 18.7 Å². The van der Waals surface area contributed by atoms with Crippen LogP contribution in [0.25, 0.3) is 0 Å². The van der Waals surface area contributed by atoms with Crippen molar-refractivity contribution in [2.45, 2.75) is 44.8 Å². The van der Waals surface area contributed by atoms with Crippen LogP contribution in [0.3, 0.4) is 0 Å². The van der Waals surface area contributed by atoms with Gasteiger partial charge in [-0.2, -0.15) is 0 Å². The van der Waals surface area contributed by atoms with Crippen molar-refractivity contribution in [2.75, 3.05) is 17.8 Å². The molecule has 1 heterocycles. The second-order valence-corrected chi connectivity index (χ2v) is 9.05. The lowest BCUT2D eigenvalue weighted by atomic mass is 10.1. The van der Waals surface area contributed by atoms with Gasteiger partial charge in [-0.3, -0.25) is 9.52 Å². The number of morpholine rings is 1. The smallest absolute Gasteiger partial charge is 0.261 e. The number of carbonyl (C=O) groups excluding carboxylic acids is 1. The second kappa shape index (κ2) is 7.93. The maximum absolute atomic E-state index is 13.1. The van der Waals surface area contributed by atoms with Crippen LogP contribution in [0.15, 0.2) is 47.4 Å². The van der Waals surface area contributed by atoms with Gasteiger partial charge in [0.05, 0.1) is 22.8 Å². The number of hydrogen-bond donors (Lipinski definition) is 1. The molecule has 0 spiro atoms. The van der Waals surface area contributed by atoms with Crippen LogP contribution in [0.4, 0.5) is 5.69 Å². The number of nitrogens with zero attached hydrogens (tertiary/aromatic N) is 1. The fourth-order valence-electron chi connectivity index (χ4n) is 3.40. The molecule has 6 nitrogen and oxygen atoms in total. The highest BCUT2D eigenvalue weighted by Gasteiger charge is 2.28. The Balaban J connectivity index is 1.90. The molecule has 1 N–H and O–H groups in total. The van der Waals surface area contributed by atoms with E-state index in [0.717, 1.165) is 11.1 Å². The number of sulfonamides is 1. The molecule has 2 atom stereocenters. The molecule has 1 fully saturated rings. The molecular formula is C21H26N2O4S. The molecule has 1 saturated heterocycles. The van der Waals surface area contributed by atoms with Gasteiger partial charge in [-0.05, 0) is 57.0 Å². The monoisotopic (exact) mass is 402 g/mol. The van der Waals surface area contributed by atoms with E-state index >= 15 is 0 Å². The van der Waals surface area contributed by atoms with Crippen LogP contribution in [-0.2, 0) is 14.8 Å². The van der Waals surface area contributed by atoms with Gasteiger partial charge in [-0.25, -0.2) is 8.42 Å². The summed E-state index contributed by atoms with van der Waals surface area (Å²) in [5.41, 5.74) is 2.48. The van der Waals surface area contributed by atoms with Gasteiger partial charge in [0.15, 0.2) is 0 Å². The maximum Gasteiger partial charge on any atom is 0.261 e. The minimum atomic E-state index is -3.81. The number of anilines is 1. The average Bonchev–Trinajstić information content (AvgIpc) is 2.62. The van der Waals surface area contributed by atoms with Crippen molar-refractivity contribution in [1.82, 2.24) is 4.90 Å². The highest BCUT2D eigenvalue weighted by atomic mass is 32.2. The maximum atomic E-state index is 13.1. The Labute approximate surface area is 166 Å². The normalized spacial score (nSPS) is 20.1. The zero-order valence-electron chi connectivity index (χ0n) is 16.6. The Morgan fingerprint density at radius 3 is 2.32 bits per heavy atom. The number of benzene rings is 2. The largest absolute Gasteiger partial charge is 0.372 e. The molecule has 2 aromatic rings. The molecule has 0 aliphatic carbocycles. The lowest BCUT2D eigenvalue weighted by molar-refractivity contribution is -0.0586. The SMILES string of the molecule is Cc1ccccc1NS(=O)(=O)c1ccc(C)c(C(=O)N2C[C@@H](C)O[C@H](C)C2)c1. The molecule has 1 amide bonds. The summed E-state index contributed by atoms with van der Waals surface area (Å²) in [5, 5.41) is 0. The number of amides is 1. The van der Waals surface area contributed by atoms with Crippen LogP contribution in [0.1, 0.15) is 35.3 Å². The minimum Gasteiger partial charge on any atom is -0.372 e. The molecule has 1 aliphatic heterocycles. The zero-order chi connectivity index (χ0) is 20.5. The third-order valence-electron chi connectivity index (χ3n) is 4.85. The molecule has 3 rings (SSSR count). The van der Waals surface area contributed by atoms with Crippen molar-refractivity contribution in [3.8, 4) is 0 Å². The molecule has 0 aromatic heterocycles. The molecule has 2 aromatic carbocycles. The summed E-state index contributed by atoms with van der Waals surface area (Å²) in [7, 11) is -3.81. The Morgan fingerprint density at radius 2 is 1.68 bits per heavy atom. The number of hydrogen-bond acceptors (Lipinski definition) is 4. The summed E-state index contributed by atoms with van der Waals surface area (Å²) in [5.74, 6) is -0.174. The Kier molecular flexibility index (Phi) is 5.76. The average molecular weight is 403 g/mol. The van der Waals surface area contributed by atoms with Gasteiger partial charge < -0.3 is 9.64 Å². The third-order valence-corrected chi connectivity index (χ3v) is 6.21. The molecular weight excluding hydrogens is 376 g/mol. The predicted octanol–water partition coefficient (Wildman–Crippen LogP) is 3.35. The van der Waals surface area contributed by atoms with E-state index in [1.165, 1.54) is 12.1 Å². The van der Waals surface area contributed by atoms with Crippen molar-refractivity contribution in [3.63, 3.8) is 0 Å². The molecule has 0 saturated carbocycles. The summed E-state index contributed by atoms with van der Waals surface area (Å²) in [4.78, 5) is 14.9. The highest BCUT2D eigenvalue weighted by Crippen LogP contribution is 2.23. The highest BCUT2D eigenvalue weighted by molar-refractivity contribution is 7.92. The van der Waals surface area contributed by atoms with E-state index in [4.69, 9.17) is 4.74 Å². The fraction of sp³-hybridized carbons (Fsp3) is 0.381. The van der Waals surface area contributed by atoms with Crippen LogP contribution < -0.4 is 4.72 Å². The summed E-state index contributed by atoms with van der Waals surface area (Å²) >= 11 is 0. The zero-order valence-corrected chi connectivity index (χ0v) is 17.4. The Hall–Kier alpha value is -2.38. The number of ether oxygens (including phenoxy) is 1. The van der Waals surface area contributed by atoms with Crippen LogP contribution in [-0.4, -0.2) is 44.5 Å². The number of aryl methyl sites for hydroxylation is 2. The molecule has 28 heavy (non-hydrogen) atoms. The molecule has 1 aliphatic rings. The number of rotatable bonds is 4. The first-order valence-electron chi connectivity index (χ1n) is 9.31. The summed E-state index contributed by atoms with van der Waals surface area (Å²) < 4.78 is 34.0. The van der Waals surface area contributed by atoms with Gasteiger partial charge in [-0.1, -0.05) is 24.3 Å². The first kappa shape index (κ1) is 20.4. The quantitative estimate of drug-likeness (QED) is 0.851. The van der Waals surface area contributed by atoms with Crippen LogP contribution in [0, 0.1) is 13.8 Å². The second-order valence-electron chi connectivity index (χ2n) is 7.36. The molecule has 150 valence electrons. The van der Waals surface area contributed by atoms with E-state index in [9.17, 15) is 13.2 Å². The van der Waals surface area contributed by atoms with Crippen molar-refractivity contribution in [2.24, 2.45) is 0 Å². The number of para-hydroxylation sites is 1.